The van der Waals surface area contributed by atoms with Gasteiger partial charge < -0.3 is 15.3 Å². The Bertz CT molecular complexity index is 702. The highest BCUT2D eigenvalue weighted by molar-refractivity contribution is 5.96. The highest BCUT2D eigenvalue weighted by Gasteiger charge is 2.39. The van der Waals surface area contributed by atoms with Gasteiger partial charge in [0.1, 0.15) is 0 Å². The number of anilines is 1. The van der Waals surface area contributed by atoms with Gasteiger partial charge in [0.05, 0.1) is 5.41 Å². The molecule has 3 rings (SSSR count). The standard InChI is InChI=1S/C19H24N2O4/c1-19(18(24)25)9-4-10-21(12-19)16(22)8-7-14-11-13-5-2-3-6-15(13)20-17(14)23/h2-3,5-6,14H,4,7-12H2,1H3,(H,20,23)(H,24,25). The van der Waals surface area contributed by atoms with Crippen LogP contribution in [-0.2, 0) is 20.8 Å². The van der Waals surface area contributed by atoms with E-state index in [2.05, 4.69) is 5.32 Å². The van der Waals surface area contributed by atoms with Crippen LogP contribution in [0.3, 0.4) is 0 Å². The van der Waals surface area contributed by atoms with Crippen molar-refractivity contribution in [3.05, 3.63) is 29.8 Å². The monoisotopic (exact) mass is 344 g/mol. The number of carboxylic acid groups (broad SMARTS) is 1. The normalized spacial score (nSPS) is 25.9. The second-order valence-corrected chi connectivity index (χ2v) is 7.37. The molecular formula is C19H24N2O4. The van der Waals surface area contributed by atoms with Crippen LogP contribution in [0.2, 0.25) is 0 Å². The second kappa shape index (κ2) is 6.86. The number of benzene rings is 1. The molecule has 2 unspecified atom stereocenters. The summed E-state index contributed by atoms with van der Waals surface area (Å²) in [6.07, 6.45) is 2.69. The molecule has 0 bridgehead atoms. The molecule has 1 aromatic carbocycles. The van der Waals surface area contributed by atoms with E-state index in [1.54, 1.807) is 11.8 Å². The van der Waals surface area contributed by atoms with E-state index in [4.69, 9.17) is 0 Å². The summed E-state index contributed by atoms with van der Waals surface area (Å²) in [6, 6.07) is 7.71. The Balaban J connectivity index is 1.57. The van der Waals surface area contributed by atoms with Gasteiger partial charge in [0.15, 0.2) is 0 Å². The van der Waals surface area contributed by atoms with E-state index in [1.807, 2.05) is 24.3 Å². The number of rotatable bonds is 4. The summed E-state index contributed by atoms with van der Waals surface area (Å²) < 4.78 is 0. The lowest BCUT2D eigenvalue weighted by Crippen LogP contribution is -2.48. The number of aliphatic carboxylic acids is 1. The largest absolute Gasteiger partial charge is 0.481 e. The van der Waals surface area contributed by atoms with E-state index < -0.39 is 11.4 Å². The Labute approximate surface area is 147 Å². The van der Waals surface area contributed by atoms with Crippen LogP contribution < -0.4 is 5.32 Å². The SMILES string of the molecule is CC1(C(=O)O)CCCN(C(=O)CCC2Cc3ccccc3NC2=O)C1. The van der Waals surface area contributed by atoms with Crippen molar-refractivity contribution >= 4 is 23.5 Å². The van der Waals surface area contributed by atoms with Gasteiger partial charge in [0.25, 0.3) is 0 Å². The minimum atomic E-state index is -0.866. The van der Waals surface area contributed by atoms with Crippen LogP contribution in [0.15, 0.2) is 24.3 Å². The number of nitrogens with one attached hydrogen (secondary N) is 1. The Morgan fingerprint density at radius 3 is 2.88 bits per heavy atom. The van der Waals surface area contributed by atoms with Gasteiger partial charge in [0.2, 0.25) is 11.8 Å². The number of carboxylic acids is 1. The molecule has 6 nitrogen and oxygen atoms in total. The summed E-state index contributed by atoms with van der Waals surface area (Å²) in [5, 5.41) is 12.3. The highest BCUT2D eigenvalue weighted by atomic mass is 16.4. The third-order valence-corrected chi connectivity index (χ3v) is 5.38. The molecule has 0 aromatic heterocycles. The van der Waals surface area contributed by atoms with E-state index in [-0.39, 0.29) is 30.7 Å². The number of hydrogen-bond acceptors (Lipinski definition) is 3. The first-order valence-electron chi connectivity index (χ1n) is 8.79. The van der Waals surface area contributed by atoms with Gasteiger partial charge in [-0.1, -0.05) is 18.2 Å². The maximum Gasteiger partial charge on any atom is 0.311 e. The molecule has 25 heavy (non-hydrogen) atoms. The third-order valence-electron chi connectivity index (χ3n) is 5.38. The smallest absolute Gasteiger partial charge is 0.311 e. The van der Waals surface area contributed by atoms with Gasteiger partial charge >= 0.3 is 5.97 Å². The number of piperidine rings is 1. The first-order valence-corrected chi connectivity index (χ1v) is 8.79. The minimum absolute atomic E-state index is 0.0412. The van der Waals surface area contributed by atoms with Crippen LogP contribution in [-0.4, -0.2) is 40.9 Å². The number of likely N-dealkylation sites (tertiary alicyclic amines) is 1. The molecule has 1 aromatic rings. The van der Waals surface area contributed by atoms with Gasteiger partial charge in [-0.25, -0.2) is 0 Å². The molecule has 134 valence electrons. The first-order chi connectivity index (χ1) is 11.9. The molecule has 2 aliphatic heterocycles. The first kappa shape index (κ1) is 17.5. The van der Waals surface area contributed by atoms with Crippen LogP contribution in [0.25, 0.3) is 0 Å². The number of nitrogens with zero attached hydrogens (tertiary/aromatic N) is 1. The maximum atomic E-state index is 12.5. The lowest BCUT2D eigenvalue weighted by atomic mass is 9.82. The fourth-order valence-corrected chi connectivity index (χ4v) is 3.73. The van der Waals surface area contributed by atoms with E-state index in [0.29, 0.717) is 32.2 Å². The van der Waals surface area contributed by atoms with E-state index >= 15 is 0 Å². The van der Waals surface area contributed by atoms with Crippen LogP contribution in [0.4, 0.5) is 5.69 Å². The summed E-state index contributed by atoms with van der Waals surface area (Å²) in [7, 11) is 0. The Hall–Kier alpha value is -2.37. The van der Waals surface area contributed by atoms with Gasteiger partial charge in [-0.15, -0.1) is 0 Å². The van der Waals surface area contributed by atoms with E-state index in [9.17, 15) is 19.5 Å². The van der Waals surface area contributed by atoms with Crippen molar-refractivity contribution in [2.45, 2.75) is 39.0 Å². The molecule has 1 fully saturated rings. The maximum absolute atomic E-state index is 12.5. The molecule has 0 aliphatic carbocycles. The quantitative estimate of drug-likeness (QED) is 0.877. The van der Waals surface area contributed by atoms with Crippen molar-refractivity contribution in [2.75, 3.05) is 18.4 Å². The van der Waals surface area contributed by atoms with Gasteiger partial charge in [-0.3, -0.25) is 14.4 Å². The van der Waals surface area contributed by atoms with E-state index in [0.717, 1.165) is 11.3 Å². The molecule has 0 radical (unpaired) electrons. The molecule has 1 saturated heterocycles. The fourth-order valence-electron chi connectivity index (χ4n) is 3.73. The lowest BCUT2D eigenvalue weighted by Gasteiger charge is -2.37. The zero-order valence-electron chi connectivity index (χ0n) is 14.5. The predicted molar refractivity (Wildman–Crippen MR) is 93.1 cm³/mol. The van der Waals surface area contributed by atoms with Crippen molar-refractivity contribution in [2.24, 2.45) is 11.3 Å². The second-order valence-electron chi connectivity index (χ2n) is 7.37. The summed E-state index contributed by atoms with van der Waals surface area (Å²) in [5.41, 5.74) is 1.08. The van der Waals surface area contributed by atoms with Gasteiger partial charge in [-0.2, -0.15) is 0 Å². The number of carbonyl (C=O) groups excluding carboxylic acids is 2. The summed E-state index contributed by atoms with van der Waals surface area (Å²) >= 11 is 0. The van der Waals surface area contributed by atoms with Crippen LogP contribution in [0.5, 0.6) is 0 Å². The fraction of sp³-hybridized carbons (Fsp3) is 0.526. The highest BCUT2D eigenvalue weighted by Crippen LogP contribution is 2.31. The lowest BCUT2D eigenvalue weighted by molar-refractivity contribution is -0.153. The van der Waals surface area contributed by atoms with Crippen LogP contribution in [0, 0.1) is 11.3 Å². The average molecular weight is 344 g/mol. The molecule has 2 atom stereocenters. The number of para-hydroxylation sites is 1. The molecule has 0 saturated carbocycles. The van der Waals surface area contributed by atoms with E-state index in [1.165, 1.54) is 0 Å². The van der Waals surface area contributed by atoms with Crippen molar-refractivity contribution in [3.63, 3.8) is 0 Å². The van der Waals surface area contributed by atoms with Crippen molar-refractivity contribution in [1.29, 1.82) is 0 Å². The summed E-state index contributed by atoms with van der Waals surface area (Å²) in [6.45, 7) is 2.54. The Morgan fingerprint density at radius 1 is 1.36 bits per heavy atom. The van der Waals surface area contributed by atoms with Gasteiger partial charge in [-0.05, 0) is 44.2 Å². The van der Waals surface area contributed by atoms with Crippen molar-refractivity contribution in [1.82, 2.24) is 4.90 Å². The van der Waals surface area contributed by atoms with Crippen molar-refractivity contribution < 1.29 is 19.5 Å². The Kier molecular flexibility index (Phi) is 4.79. The minimum Gasteiger partial charge on any atom is -0.481 e. The van der Waals surface area contributed by atoms with Crippen LogP contribution >= 0.6 is 0 Å². The third kappa shape index (κ3) is 3.67. The molecular weight excluding hydrogens is 320 g/mol. The number of carbonyl (C=O) groups is 3. The summed E-state index contributed by atoms with van der Waals surface area (Å²) in [5.74, 6) is -1.16. The zero-order chi connectivity index (χ0) is 18.0. The average Bonchev–Trinajstić information content (AvgIpc) is 2.59. The number of amides is 2. The molecule has 2 N–H and O–H groups in total. The summed E-state index contributed by atoms with van der Waals surface area (Å²) in [4.78, 5) is 37.8. The number of fused-ring (bicyclic) bond motifs is 1. The number of hydrogen-bond donors (Lipinski definition) is 2. The predicted octanol–water partition coefficient (Wildman–Crippen LogP) is 2.29. The molecule has 6 heteroatoms. The Morgan fingerprint density at radius 2 is 2.12 bits per heavy atom. The zero-order valence-corrected chi connectivity index (χ0v) is 14.5. The molecule has 2 heterocycles. The van der Waals surface area contributed by atoms with Crippen molar-refractivity contribution in [3.8, 4) is 0 Å². The molecule has 2 amide bonds. The van der Waals surface area contributed by atoms with Crippen LogP contribution in [0.1, 0.15) is 38.2 Å². The molecule has 2 aliphatic rings. The van der Waals surface area contributed by atoms with Gasteiger partial charge in [0, 0.05) is 31.1 Å². The topological polar surface area (TPSA) is 86.7 Å². The molecule has 0 spiro atoms.